The van der Waals surface area contributed by atoms with Crippen molar-refractivity contribution >= 4 is 5.82 Å². The second-order valence-electron chi connectivity index (χ2n) is 3.32. The van der Waals surface area contributed by atoms with Gasteiger partial charge < -0.3 is 10.5 Å². The van der Waals surface area contributed by atoms with Gasteiger partial charge in [0.05, 0.1) is 7.11 Å². The number of nitrogen functional groups attached to an aromatic ring is 1. The molecule has 0 aliphatic heterocycles. The number of aromatic nitrogens is 1. The highest BCUT2D eigenvalue weighted by Crippen LogP contribution is 2.26. The molecule has 0 amide bonds. The molecule has 1 aromatic heterocycles. The fourth-order valence-corrected chi connectivity index (χ4v) is 1.42. The van der Waals surface area contributed by atoms with Crippen molar-refractivity contribution in [3.05, 3.63) is 42.3 Å². The van der Waals surface area contributed by atoms with Crippen molar-refractivity contribution in [2.75, 3.05) is 12.8 Å². The van der Waals surface area contributed by atoms with E-state index in [1.807, 2.05) is 0 Å². The highest BCUT2D eigenvalue weighted by atomic mass is 19.1. The zero-order chi connectivity index (χ0) is 11.5. The molecule has 2 N–H and O–H groups in total. The lowest BCUT2D eigenvalue weighted by atomic mass is 10.1. The summed E-state index contributed by atoms with van der Waals surface area (Å²) >= 11 is 0. The molecule has 3 nitrogen and oxygen atoms in total. The molecule has 0 radical (unpaired) electrons. The first-order valence-electron chi connectivity index (χ1n) is 4.76. The van der Waals surface area contributed by atoms with Crippen LogP contribution >= 0.6 is 0 Å². The Morgan fingerprint density at radius 2 is 2.06 bits per heavy atom. The van der Waals surface area contributed by atoms with E-state index < -0.39 is 0 Å². The first-order valence-corrected chi connectivity index (χ1v) is 4.76. The minimum Gasteiger partial charge on any atom is -0.497 e. The number of nitrogens with zero attached hydrogens (tertiary/aromatic N) is 1. The summed E-state index contributed by atoms with van der Waals surface area (Å²) in [5.74, 6) is 0.702. The Labute approximate surface area is 92.7 Å². The Balaban J connectivity index is 2.50. The van der Waals surface area contributed by atoms with E-state index in [0.717, 1.165) is 0 Å². The minimum absolute atomic E-state index is 0.313. The van der Waals surface area contributed by atoms with Crippen LogP contribution in [0, 0.1) is 5.82 Å². The number of methoxy groups -OCH3 is 1. The highest BCUT2D eigenvalue weighted by Gasteiger charge is 2.06. The van der Waals surface area contributed by atoms with E-state index in [0.29, 0.717) is 22.7 Å². The Hall–Kier alpha value is -2.10. The molecule has 16 heavy (non-hydrogen) atoms. The Morgan fingerprint density at radius 1 is 1.25 bits per heavy atom. The van der Waals surface area contributed by atoms with E-state index >= 15 is 0 Å². The summed E-state index contributed by atoms with van der Waals surface area (Å²) in [5.41, 5.74) is 6.59. The van der Waals surface area contributed by atoms with Crippen LogP contribution in [0.15, 0.2) is 36.5 Å². The summed E-state index contributed by atoms with van der Waals surface area (Å²) in [6.45, 7) is 0. The maximum atomic E-state index is 13.6. The maximum Gasteiger partial charge on any atom is 0.131 e. The van der Waals surface area contributed by atoms with Crippen LogP contribution < -0.4 is 10.5 Å². The largest absolute Gasteiger partial charge is 0.497 e. The zero-order valence-electron chi connectivity index (χ0n) is 8.77. The maximum absolute atomic E-state index is 13.6. The van der Waals surface area contributed by atoms with Crippen LogP contribution in [0.1, 0.15) is 0 Å². The van der Waals surface area contributed by atoms with Crippen molar-refractivity contribution in [1.82, 2.24) is 4.98 Å². The predicted molar refractivity (Wildman–Crippen MR) is 60.6 cm³/mol. The number of pyridine rings is 1. The number of nitrogens with two attached hydrogens (primary N) is 1. The molecule has 0 unspecified atom stereocenters. The summed E-state index contributed by atoms with van der Waals surface area (Å²) in [4.78, 5) is 3.92. The van der Waals surface area contributed by atoms with Crippen LogP contribution in [0.5, 0.6) is 5.75 Å². The van der Waals surface area contributed by atoms with Gasteiger partial charge in [-0.05, 0) is 30.3 Å². The van der Waals surface area contributed by atoms with Gasteiger partial charge in [-0.2, -0.15) is 0 Å². The minimum atomic E-state index is -0.313. The summed E-state index contributed by atoms with van der Waals surface area (Å²) in [6.07, 6.45) is 1.53. The summed E-state index contributed by atoms with van der Waals surface area (Å²) in [5, 5.41) is 0. The van der Waals surface area contributed by atoms with Gasteiger partial charge in [0.2, 0.25) is 0 Å². The molecule has 2 rings (SSSR count). The fourth-order valence-electron chi connectivity index (χ4n) is 1.42. The topological polar surface area (TPSA) is 48.1 Å². The average molecular weight is 218 g/mol. The lowest BCUT2D eigenvalue weighted by molar-refractivity contribution is 0.414. The molecule has 0 fully saturated rings. The smallest absolute Gasteiger partial charge is 0.131 e. The number of rotatable bonds is 2. The van der Waals surface area contributed by atoms with Gasteiger partial charge in [-0.1, -0.05) is 0 Å². The van der Waals surface area contributed by atoms with Gasteiger partial charge in [0.1, 0.15) is 17.4 Å². The van der Waals surface area contributed by atoms with Crippen LogP contribution in [-0.4, -0.2) is 12.1 Å². The second-order valence-corrected chi connectivity index (χ2v) is 3.32. The lowest BCUT2D eigenvalue weighted by Gasteiger charge is -2.06. The quantitative estimate of drug-likeness (QED) is 0.842. The molecule has 1 heterocycles. The third-order valence-corrected chi connectivity index (χ3v) is 2.27. The van der Waals surface area contributed by atoms with Gasteiger partial charge in [0.15, 0.2) is 0 Å². The monoisotopic (exact) mass is 218 g/mol. The normalized spacial score (nSPS) is 10.1. The third-order valence-electron chi connectivity index (χ3n) is 2.27. The molecule has 0 aliphatic rings. The Morgan fingerprint density at radius 3 is 2.69 bits per heavy atom. The summed E-state index contributed by atoms with van der Waals surface area (Å²) in [7, 11) is 1.54. The number of hydrogen-bond donors (Lipinski definition) is 1. The van der Waals surface area contributed by atoms with E-state index in [9.17, 15) is 4.39 Å². The molecule has 0 bridgehead atoms. The van der Waals surface area contributed by atoms with E-state index in [1.165, 1.54) is 19.4 Å². The molecule has 0 atom stereocenters. The molecule has 2 aromatic rings. The number of ether oxygens (including phenoxy) is 1. The number of anilines is 1. The summed E-state index contributed by atoms with van der Waals surface area (Å²) in [6, 6.07) is 7.92. The third kappa shape index (κ3) is 1.95. The van der Waals surface area contributed by atoms with E-state index in [2.05, 4.69) is 4.98 Å². The Bertz CT molecular complexity index is 497. The van der Waals surface area contributed by atoms with E-state index in [1.54, 1.807) is 24.3 Å². The first-order chi connectivity index (χ1) is 7.70. The van der Waals surface area contributed by atoms with Gasteiger partial charge in [-0.25, -0.2) is 9.37 Å². The van der Waals surface area contributed by atoms with Gasteiger partial charge in [-0.15, -0.1) is 0 Å². The average Bonchev–Trinajstić information content (AvgIpc) is 2.31. The van der Waals surface area contributed by atoms with Crippen LogP contribution in [0.3, 0.4) is 0 Å². The van der Waals surface area contributed by atoms with Crippen molar-refractivity contribution in [3.63, 3.8) is 0 Å². The van der Waals surface area contributed by atoms with Crippen LogP contribution in [-0.2, 0) is 0 Å². The van der Waals surface area contributed by atoms with Crippen molar-refractivity contribution in [2.24, 2.45) is 0 Å². The van der Waals surface area contributed by atoms with E-state index in [4.69, 9.17) is 10.5 Å². The first kappa shape index (κ1) is 10.4. The number of benzene rings is 1. The predicted octanol–water partition coefficient (Wildman–Crippen LogP) is 2.48. The molecular weight excluding hydrogens is 207 g/mol. The number of halogens is 1. The Kier molecular flexibility index (Phi) is 2.72. The molecule has 0 saturated carbocycles. The van der Waals surface area contributed by atoms with Crippen LogP contribution in [0.2, 0.25) is 0 Å². The lowest BCUT2D eigenvalue weighted by Crippen LogP contribution is -1.91. The van der Waals surface area contributed by atoms with Gasteiger partial charge >= 0.3 is 0 Å². The van der Waals surface area contributed by atoms with Gasteiger partial charge in [-0.3, -0.25) is 0 Å². The highest BCUT2D eigenvalue weighted by molar-refractivity contribution is 5.65. The second kappa shape index (κ2) is 4.18. The molecular formula is C12H11FN2O. The van der Waals surface area contributed by atoms with Gasteiger partial charge in [0, 0.05) is 17.3 Å². The molecule has 4 heteroatoms. The van der Waals surface area contributed by atoms with Crippen molar-refractivity contribution in [2.45, 2.75) is 0 Å². The van der Waals surface area contributed by atoms with Crippen molar-refractivity contribution in [3.8, 4) is 16.9 Å². The zero-order valence-corrected chi connectivity index (χ0v) is 8.77. The summed E-state index contributed by atoms with van der Waals surface area (Å²) < 4.78 is 18.6. The van der Waals surface area contributed by atoms with Crippen molar-refractivity contribution < 1.29 is 9.13 Å². The number of hydrogen-bond acceptors (Lipinski definition) is 3. The standard InChI is InChI=1S/C12H11FN2O/c1-16-9-3-4-11(13)10(6-9)8-2-5-12(14)15-7-8/h2-7H,1H3,(H2,14,15). The van der Waals surface area contributed by atoms with Gasteiger partial charge in [0.25, 0.3) is 0 Å². The SMILES string of the molecule is COc1ccc(F)c(-c2ccc(N)nc2)c1. The molecule has 1 aromatic carbocycles. The van der Waals surface area contributed by atoms with Crippen molar-refractivity contribution in [1.29, 1.82) is 0 Å². The molecule has 0 saturated heterocycles. The fraction of sp³-hybridized carbons (Fsp3) is 0.0833. The molecule has 0 spiro atoms. The van der Waals surface area contributed by atoms with Crippen LogP contribution in [0.4, 0.5) is 10.2 Å². The molecule has 82 valence electrons. The van der Waals surface area contributed by atoms with Crippen LogP contribution in [0.25, 0.3) is 11.1 Å². The molecule has 0 aliphatic carbocycles. The van der Waals surface area contributed by atoms with E-state index in [-0.39, 0.29) is 5.82 Å².